The number of carbonyl (C=O) groups excluding carboxylic acids is 2. The first kappa shape index (κ1) is 14.1. The lowest BCUT2D eigenvalue weighted by molar-refractivity contribution is -0.171. The molecule has 0 amide bonds. The second-order valence-electron chi connectivity index (χ2n) is 5.45. The monoisotopic (exact) mass is 266 g/mol. The molecule has 19 heavy (non-hydrogen) atoms. The third-order valence-corrected chi connectivity index (χ3v) is 4.33. The molecule has 0 N–H and O–H groups in total. The minimum atomic E-state index is -1.09. The number of hydrogen-bond donors (Lipinski definition) is 0. The van der Waals surface area contributed by atoms with Crippen LogP contribution >= 0.6 is 0 Å². The molecular weight excluding hydrogens is 244 g/mol. The van der Waals surface area contributed by atoms with Crippen LogP contribution in [0.4, 0.5) is 0 Å². The Morgan fingerprint density at radius 2 is 1.79 bits per heavy atom. The van der Waals surface area contributed by atoms with Gasteiger partial charge >= 0.3 is 11.9 Å². The molecule has 0 unspecified atom stereocenters. The van der Waals surface area contributed by atoms with E-state index < -0.39 is 17.4 Å². The summed E-state index contributed by atoms with van der Waals surface area (Å²) in [7, 11) is 0. The van der Waals surface area contributed by atoms with Crippen LogP contribution in [0.3, 0.4) is 0 Å². The fourth-order valence-corrected chi connectivity index (χ4v) is 3.35. The molecule has 0 saturated heterocycles. The van der Waals surface area contributed by atoms with Crippen molar-refractivity contribution in [2.75, 3.05) is 13.2 Å². The number of allylic oxidation sites excluding steroid dienone is 2. The molecule has 0 radical (unpaired) electrons. The predicted octanol–water partition coefficient (Wildman–Crippen LogP) is 2.62. The van der Waals surface area contributed by atoms with Gasteiger partial charge in [-0.1, -0.05) is 11.1 Å². The zero-order chi connectivity index (χ0) is 14.0. The van der Waals surface area contributed by atoms with E-state index in [9.17, 15) is 9.59 Å². The minimum Gasteiger partial charge on any atom is -0.465 e. The topological polar surface area (TPSA) is 52.6 Å². The van der Waals surface area contributed by atoms with Crippen molar-refractivity contribution in [2.24, 2.45) is 11.3 Å². The molecule has 0 aromatic heterocycles. The summed E-state index contributed by atoms with van der Waals surface area (Å²) in [6.45, 7) is 6.21. The number of hydrogen-bond acceptors (Lipinski definition) is 4. The average molecular weight is 266 g/mol. The lowest BCUT2D eigenvalue weighted by Gasteiger charge is -2.24. The van der Waals surface area contributed by atoms with Crippen molar-refractivity contribution in [3.05, 3.63) is 11.1 Å². The summed E-state index contributed by atoms with van der Waals surface area (Å²) in [6.07, 6.45) is 3.17. The maximum Gasteiger partial charge on any atom is 0.323 e. The molecule has 0 bridgehead atoms. The van der Waals surface area contributed by atoms with Crippen molar-refractivity contribution < 1.29 is 19.1 Å². The van der Waals surface area contributed by atoms with Crippen LogP contribution in [-0.4, -0.2) is 25.2 Å². The van der Waals surface area contributed by atoms with Gasteiger partial charge in [0.2, 0.25) is 0 Å². The van der Waals surface area contributed by atoms with Gasteiger partial charge in [-0.2, -0.15) is 0 Å². The van der Waals surface area contributed by atoms with Crippen molar-refractivity contribution in [2.45, 2.75) is 46.5 Å². The van der Waals surface area contributed by atoms with Crippen molar-refractivity contribution in [3.8, 4) is 0 Å². The van der Waals surface area contributed by atoms with E-state index >= 15 is 0 Å². The molecule has 2 aliphatic rings. The Labute approximate surface area is 114 Å². The standard InChI is InChI=1S/C15H22O4/c1-4-18-13(16)15(14(17)19-5-2)8-11-7-6-10(3)12(11)9-15/h11H,4-9H2,1-3H3/t11-/m0/s1. The van der Waals surface area contributed by atoms with Crippen LogP contribution in [0.5, 0.6) is 0 Å². The fraction of sp³-hybridized carbons (Fsp3) is 0.733. The molecule has 0 aromatic carbocycles. The number of carbonyl (C=O) groups is 2. The Morgan fingerprint density at radius 3 is 2.26 bits per heavy atom. The first-order chi connectivity index (χ1) is 9.05. The Morgan fingerprint density at radius 1 is 1.21 bits per heavy atom. The first-order valence-electron chi connectivity index (χ1n) is 7.08. The maximum absolute atomic E-state index is 12.3. The fourth-order valence-electron chi connectivity index (χ4n) is 3.35. The van der Waals surface area contributed by atoms with Gasteiger partial charge in [-0.15, -0.1) is 0 Å². The van der Waals surface area contributed by atoms with E-state index in [4.69, 9.17) is 9.47 Å². The number of esters is 2. The lowest BCUT2D eigenvalue weighted by Crippen LogP contribution is -2.40. The van der Waals surface area contributed by atoms with Crippen LogP contribution in [0.25, 0.3) is 0 Å². The molecule has 2 rings (SSSR count). The van der Waals surface area contributed by atoms with Gasteiger partial charge in [0.25, 0.3) is 0 Å². The normalized spacial score (nSPS) is 24.3. The molecule has 1 fully saturated rings. The second kappa shape index (κ2) is 5.35. The van der Waals surface area contributed by atoms with Crippen LogP contribution in [0.15, 0.2) is 11.1 Å². The van der Waals surface area contributed by atoms with Crippen LogP contribution < -0.4 is 0 Å². The Kier molecular flexibility index (Phi) is 3.97. The van der Waals surface area contributed by atoms with Crippen LogP contribution in [-0.2, 0) is 19.1 Å². The second-order valence-corrected chi connectivity index (χ2v) is 5.45. The highest BCUT2D eigenvalue weighted by molar-refractivity contribution is 6.01. The SMILES string of the molecule is CCOC(=O)C1(C(=O)OCC)CC2=C(C)CC[C@H]2C1. The highest BCUT2D eigenvalue weighted by Crippen LogP contribution is 2.53. The first-order valence-corrected chi connectivity index (χ1v) is 7.08. The van der Waals surface area contributed by atoms with E-state index in [2.05, 4.69) is 6.92 Å². The van der Waals surface area contributed by atoms with E-state index in [1.807, 2.05) is 0 Å². The molecule has 2 aliphatic carbocycles. The number of rotatable bonds is 4. The molecule has 1 atom stereocenters. The summed E-state index contributed by atoms with van der Waals surface area (Å²) in [4.78, 5) is 24.6. The van der Waals surface area contributed by atoms with Gasteiger partial charge in [-0.25, -0.2) is 0 Å². The molecule has 106 valence electrons. The van der Waals surface area contributed by atoms with Crippen molar-refractivity contribution in [1.82, 2.24) is 0 Å². The summed E-state index contributed by atoms with van der Waals surface area (Å²) in [5.41, 5.74) is 1.52. The summed E-state index contributed by atoms with van der Waals surface area (Å²) in [5, 5.41) is 0. The van der Waals surface area contributed by atoms with Crippen molar-refractivity contribution in [1.29, 1.82) is 0 Å². The number of ether oxygens (including phenoxy) is 2. The molecule has 0 spiro atoms. The van der Waals surface area contributed by atoms with E-state index in [1.165, 1.54) is 11.1 Å². The third kappa shape index (κ3) is 2.28. The average Bonchev–Trinajstić information content (AvgIpc) is 2.91. The zero-order valence-corrected chi connectivity index (χ0v) is 12.0. The molecule has 4 heteroatoms. The van der Waals surface area contributed by atoms with Gasteiger partial charge < -0.3 is 9.47 Å². The number of fused-ring (bicyclic) bond motifs is 1. The van der Waals surface area contributed by atoms with Crippen molar-refractivity contribution >= 4 is 11.9 Å². The van der Waals surface area contributed by atoms with Crippen LogP contribution in [0.1, 0.15) is 46.5 Å². The van der Waals surface area contributed by atoms with Gasteiger partial charge in [0.1, 0.15) is 0 Å². The largest absolute Gasteiger partial charge is 0.465 e. The van der Waals surface area contributed by atoms with Gasteiger partial charge in [-0.3, -0.25) is 9.59 Å². The van der Waals surface area contributed by atoms with Gasteiger partial charge in [0, 0.05) is 0 Å². The molecule has 1 saturated carbocycles. The Hall–Kier alpha value is -1.32. The predicted molar refractivity (Wildman–Crippen MR) is 70.4 cm³/mol. The summed E-state index contributed by atoms with van der Waals surface area (Å²) in [6, 6.07) is 0. The maximum atomic E-state index is 12.3. The summed E-state index contributed by atoms with van der Waals surface area (Å²) >= 11 is 0. The Balaban J connectivity index is 2.30. The molecule has 0 heterocycles. The quantitative estimate of drug-likeness (QED) is 0.446. The minimum absolute atomic E-state index is 0.294. The van der Waals surface area contributed by atoms with Crippen molar-refractivity contribution in [3.63, 3.8) is 0 Å². The lowest BCUT2D eigenvalue weighted by atomic mass is 9.84. The molecule has 4 nitrogen and oxygen atoms in total. The highest BCUT2D eigenvalue weighted by atomic mass is 16.6. The Bertz CT molecular complexity index is 404. The molecule has 0 aromatic rings. The van der Waals surface area contributed by atoms with E-state index in [-0.39, 0.29) is 0 Å². The van der Waals surface area contributed by atoms with E-state index in [1.54, 1.807) is 13.8 Å². The van der Waals surface area contributed by atoms with Crippen LogP contribution in [0.2, 0.25) is 0 Å². The smallest absolute Gasteiger partial charge is 0.323 e. The molecule has 0 aliphatic heterocycles. The van der Waals surface area contributed by atoms with E-state index in [0.29, 0.717) is 32.0 Å². The van der Waals surface area contributed by atoms with Gasteiger partial charge in [0.15, 0.2) is 5.41 Å². The van der Waals surface area contributed by atoms with Gasteiger partial charge in [-0.05, 0) is 52.4 Å². The summed E-state index contributed by atoms with van der Waals surface area (Å²) in [5.74, 6) is -0.472. The zero-order valence-electron chi connectivity index (χ0n) is 12.0. The van der Waals surface area contributed by atoms with Crippen LogP contribution in [0, 0.1) is 11.3 Å². The van der Waals surface area contributed by atoms with E-state index in [0.717, 1.165) is 12.8 Å². The molecular formula is C15H22O4. The third-order valence-electron chi connectivity index (χ3n) is 4.33. The summed E-state index contributed by atoms with van der Waals surface area (Å²) < 4.78 is 10.3. The van der Waals surface area contributed by atoms with Gasteiger partial charge in [0.05, 0.1) is 13.2 Å². The highest BCUT2D eigenvalue weighted by Gasteiger charge is 2.56.